The highest BCUT2D eigenvalue weighted by Crippen LogP contribution is 2.25. The van der Waals surface area contributed by atoms with Crippen LogP contribution in [-0.2, 0) is 23.8 Å². The lowest BCUT2D eigenvalue weighted by atomic mass is 10.2. The fraction of sp³-hybridized carbons (Fsp3) is 0.600. The molecule has 1 unspecified atom stereocenters. The zero-order valence-corrected chi connectivity index (χ0v) is 8.82. The van der Waals surface area contributed by atoms with E-state index in [9.17, 15) is 9.59 Å². The van der Waals surface area contributed by atoms with Gasteiger partial charge in [-0.25, -0.2) is 9.59 Å². The third-order valence-corrected chi connectivity index (χ3v) is 1.80. The highest BCUT2D eigenvalue weighted by molar-refractivity contribution is 5.91. The number of hydrogen-bond donors (Lipinski definition) is 0. The first kappa shape index (κ1) is 11.7. The van der Waals surface area contributed by atoms with Crippen molar-refractivity contribution in [2.45, 2.75) is 19.4 Å². The van der Waals surface area contributed by atoms with Gasteiger partial charge < -0.3 is 14.2 Å². The minimum atomic E-state index is -0.570. The van der Waals surface area contributed by atoms with E-state index in [-0.39, 0.29) is 18.8 Å². The minimum absolute atomic E-state index is 0.207. The maximum absolute atomic E-state index is 11.1. The molecule has 0 aromatic carbocycles. The van der Waals surface area contributed by atoms with Crippen LogP contribution in [0, 0.1) is 0 Å². The van der Waals surface area contributed by atoms with Gasteiger partial charge in [0.2, 0.25) is 0 Å². The summed E-state index contributed by atoms with van der Waals surface area (Å²) in [6.45, 7) is 4.62. The van der Waals surface area contributed by atoms with E-state index >= 15 is 0 Å². The van der Waals surface area contributed by atoms with Gasteiger partial charge in [0.15, 0.2) is 0 Å². The molecule has 5 heteroatoms. The van der Waals surface area contributed by atoms with Crippen molar-refractivity contribution in [2.75, 3.05) is 19.8 Å². The molecule has 1 fully saturated rings. The number of hydrogen-bond acceptors (Lipinski definition) is 5. The van der Waals surface area contributed by atoms with E-state index in [1.807, 2.05) is 6.92 Å². The first-order valence-corrected chi connectivity index (χ1v) is 4.71. The Labute approximate surface area is 88.0 Å². The van der Waals surface area contributed by atoms with Crippen molar-refractivity contribution >= 4 is 11.9 Å². The van der Waals surface area contributed by atoms with Crippen LogP contribution in [-0.4, -0.2) is 37.4 Å². The van der Waals surface area contributed by atoms with E-state index in [1.54, 1.807) is 6.92 Å². The number of carbonyl (C=O) groups is 2. The summed E-state index contributed by atoms with van der Waals surface area (Å²) >= 11 is 0. The maximum atomic E-state index is 11.1. The summed E-state index contributed by atoms with van der Waals surface area (Å²) in [5, 5.41) is 0. The van der Waals surface area contributed by atoms with Gasteiger partial charge in [0.25, 0.3) is 0 Å². The summed E-state index contributed by atoms with van der Waals surface area (Å²) in [5.41, 5.74) is -0.326. The molecule has 0 spiro atoms. The molecule has 1 aliphatic rings. The van der Waals surface area contributed by atoms with Gasteiger partial charge >= 0.3 is 11.9 Å². The Bertz CT molecular complexity index is 278. The third-order valence-electron chi connectivity index (χ3n) is 1.80. The average Bonchev–Trinajstić information content (AvgIpc) is 2.92. The van der Waals surface area contributed by atoms with E-state index in [4.69, 9.17) is 9.47 Å². The van der Waals surface area contributed by atoms with Crippen LogP contribution in [0.3, 0.4) is 0 Å². The second-order valence-electron chi connectivity index (χ2n) is 3.43. The second kappa shape index (κ2) is 4.93. The monoisotopic (exact) mass is 214 g/mol. The van der Waals surface area contributed by atoms with Crippen molar-refractivity contribution in [1.29, 1.82) is 0 Å². The molecular weight excluding hydrogens is 200 g/mol. The van der Waals surface area contributed by atoms with Crippen molar-refractivity contribution in [3.05, 3.63) is 12.2 Å². The van der Waals surface area contributed by atoms with Gasteiger partial charge in [-0.2, -0.15) is 0 Å². The van der Waals surface area contributed by atoms with Gasteiger partial charge in [-0.3, -0.25) is 0 Å². The van der Waals surface area contributed by atoms with Crippen molar-refractivity contribution in [2.24, 2.45) is 0 Å². The van der Waals surface area contributed by atoms with Gasteiger partial charge in [0.05, 0.1) is 13.2 Å². The fourth-order valence-corrected chi connectivity index (χ4v) is 0.805. The molecule has 1 saturated heterocycles. The predicted octanol–water partition coefficient (Wildman–Crippen LogP) is 0.438. The van der Waals surface area contributed by atoms with Crippen molar-refractivity contribution < 1.29 is 23.8 Å². The fourth-order valence-electron chi connectivity index (χ4n) is 0.805. The van der Waals surface area contributed by atoms with Crippen LogP contribution >= 0.6 is 0 Å². The Kier molecular flexibility index (Phi) is 3.85. The number of rotatable bonds is 5. The summed E-state index contributed by atoms with van der Waals surface area (Å²) < 4.78 is 14.4. The van der Waals surface area contributed by atoms with Crippen LogP contribution in [0.15, 0.2) is 12.2 Å². The van der Waals surface area contributed by atoms with Crippen LogP contribution in [0.1, 0.15) is 13.8 Å². The van der Waals surface area contributed by atoms with Crippen molar-refractivity contribution in [3.8, 4) is 0 Å². The molecule has 0 saturated carbocycles. The van der Waals surface area contributed by atoms with E-state index in [0.29, 0.717) is 6.61 Å². The number of ether oxygens (including phenoxy) is 3. The number of epoxide rings is 1. The summed E-state index contributed by atoms with van der Waals surface area (Å²) in [4.78, 5) is 21.9. The molecule has 1 aliphatic heterocycles. The molecule has 84 valence electrons. The molecule has 1 atom stereocenters. The molecule has 0 aromatic rings. The molecule has 15 heavy (non-hydrogen) atoms. The lowest BCUT2D eigenvalue weighted by Gasteiger charge is -2.04. The predicted molar refractivity (Wildman–Crippen MR) is 51.1 cm³/mol. The van der Waals surface area contributed by atoms with Crippen LogP contribution in [0.5, 0.6) is 0 Å². The van der Waals surface area contributed by atoms with Crippen molar-refractivity contribution in [3.63, 3.8) is 0 Å². The normalized spacial score (nSPS) is 23.9. The standard InChI is InChI=1S/C10H14O5/c1-3-13-8(11)4-5-9(12)14-6-10(2)7-15-10/h4-5H,3,6-7H2,1-2H3/b5-4+. The van der Waals surface area contributed by atoms with Gasteiger partial charge in [0.1, 0.15) is 12.2 Å². The molecule has 0 aromatic heterocycles. The summed E-state index contributed by atoms with van der Waals surface area (Å²) in [6, 6.07) is 0. The summed E-state index contributed by atoms with van der Waals surface area (Å²) in [5.74, 6) is -1.12. The molecule has 0 bridgehead atoms. The van der Waals surface area contributed by atoms with E-state index in [2.05, 4.69) is 4.74 Å². The van der Waals surface area contributed by atoms with Gasteiger partial charge in [-0.15, -0.1) is 0 Å². The Morgan fingerprint density at radius 1 is 1.33 bits per heavy atom. The molecule has 5 nitrogen and oxygen atoms in total. The molecule has 1 heterocycles. The lowest BCUT2D eigenvalue weighted by molar-refractivity contribution is -0.141. The van der Waals surface area contributed by atoms with Crippen molar-refractivity contribution in [1.82, 2.24) is 0 Å². The second-order valence-corrected chi connectivity index (χ2v) is 3.43. The Hall–Kier alpha value is -1.36. The topological polar surface area (TPSA) is 65.1 Å². The number of carbonyl (C=O) groups excluding carboxylic acids is 2. The van der Waals surface area contributed by atoms with Gasteiger partial charge in [-0.1, -0.05) is 0 Å². The van der Waals surface area contributed by atoms with Crippen LogP contribution in [0.4, 0.5) is 0 Å². The first-order chi connectivity index (χ1) is 7.06. The number of esters is 2. The minimum Gasteiger partial charge on any atom is -0.463 e. The highest BCUT2D eigenvalue weighted by Gasteiger charge is 2.40. The highest BCUT2D eigenvalue weighted by atomic mass is 16.6. The van der Waals surface area contributed by atoms with Crippen LogP contribution in [0.2, 0.25) is 0 Å². The molecule has 0 aliphatic carbocycles. The van der Waals surface area contributed by atoms with Gasteiger partial charge in [0, 0.05) is 12.2 Å². The smallest absolute Gasteiger partial charge is 0.331 e. The lowest BCUT2D eigenvalue weighted by Crippen LogP contribution is -2.17. The van der Waals surface area contributed by atoms with E-state index < -0.39 is 11.9 Å². The van der Waals surface area contributed by atoms with Crippen LogP contribution < -0.4 is 0 Å². The summed E-state index contributed by atoms with van der Waals surface area (Å²) in [7, 11) is 0. The third kappa shape index (κ3) is 4.60. The van der Waals surface area contributed by atoms with Crippen LogP contribution in [0.25, 0.3) is 0 Å². The van der Waals surface area contributed by atoms with Gasteiger partial charge in [-0.05, 0) is 13.8 Å². The Morgan fingerprint density at radius 3 is 2.33 bits per heavy atom. The van der Waals surface area contributed by atoms with E-state index in [1.165, 1.54) is 0 Å². The quantitative estimate of drug-likeness (QED) is 0.377. The molecular formula is C10H14O5. The largest absolute Gasteiger partial charge is 0.463 e. The average molecular weight is 214 g/mol. The molecule has 0 N–H and O–H groups in total. The Balaban J connectivity index is 2.20. The zero-order chi connectivity index (χ0) is 11.3. The van der Waals surface area contributed by atoms with E-state index in [0.717, 1.165) is 12.2 Å². The molecule has 0 radical (unpaired) electrons. The maximum Gasteiger partial charge on any atom is 0.331 e. The molecule has 1 rings (SSSR count). The first-order valence-electron chi connectivity index (χ1n) is 4.71. The molecule has 0 amide bonds. The SMILES string of the molecule is CCOC(=O)/C=C/C(=O)OCC1(C)CO1. The Morgan fingerprint density at radius 2 is 1.87 bits per heavy atom. The summed E-state index contributed by atoms with van der Waals surface area (Å²) in [6.07, 6.45) is 2.09. The zero-order valence-electron chi connectivity index (χ0n) is 8.82.